The number of hydrogen-bond acceptors (Lipinski definition) is 6. The lowest BCUT2D eigenvalue weighted by Gasteiger charge is -2.23. The molecule has 1 fully saturated rings. The first kappa shape index (κ1) is 20.2. The second-order valence-electron chi connectivity index (χ2n) is 6.29. The highest BCUT2D eigenvalue weighted by molar-refractivity contribution is 8.00. The Kier molecular flexibility index (Phi) is 6.18. The summed E-state index contributed by atoms with van der Waals surface area (Å²) < 4.78 is 49.8. The molecule has 0 spiro atoms. The number of rotatable bonds is 6. The Bertz CT molecular complexity index is 832. The minimum atomic E-state index is -3.88. The number of amides is 1. The Balaban J connectivity index is 2.24. The van der Waals surface area contributed by atoms with Crippen LogP contribution in [-0.4, -0.2) is 57.5 Å². The van der Waals surface area contributed by atoms with E-state index in [-0.39, 0.29) is 27.5 Å². The van der Waals surface area contributed by atoms with Gasteiger partial charge in [0.15, 0.2) is 9.84 Å². The number of carbonyl (C=O) groups is 1. The Morgan fingerprint density at radius 3 is 2.28 bits per heavy atom. The smallest absolute Gasteiger partial charge is 0.244 e. The zero-order chi connectivity index (χ0) is 18.8. The number of sulfone groups is 1. The number of sulfonamides is 1. The van der Waals surface area contributed by atoms with Crippen LogP contribution in [0.4, 0.5) is 0 Å². The zero-order valence-electron chi connectivity index (χ0n) is 14.3. The van der Waals surface area contributed by atoms with Crippen molar-refractivity contribution >= 4 is 37.5 Å². The molecule has 2 rings (SSSR count). The predicted octanol–water partition coefficient (Wildman–Crippen LogP) is 0.926. The molecule has 1 aromatic rings. The van der Waals surface area contributed by atoms with E-state index in [0.717, 1.165) is 6.26 Å². The number of thioether (sulfide) groups is 1. The van der Waals surface area contributed by atoms with Crippen molar-refractivity contribution in [2.75, 3.05) is 24.4 Å². The van der Waals surface area contributed by atoms with Gasteiger partial charge in [0, 0.05) is 18.6 Å². The minimum absolute atomic E-state index is 0.0240. The molecule has 1 aliphatic heterocycles. The Morgan fingerprint density at radius 1 is 1.20 bits per heavy atom. The van der Waals surface area contributed by atoms with Crippen LogP contribution >= 0.6 is 11.8 Å². The van der Waals surface area contributed by atoms with E-state index >= 15 is 0 Å². The van der Waals surface area contributed by atoms with E-state index in [4.69, 9.17) is 0 Å². The number of carbonyl (C=O) groups excluding carboxylic acids is 1. The van der Waals surface area contributed by atoms with Crippen LogP contribution in [0.25, 0.3) is 0 Å². The number of nitrogens with zero attached hydrogens (tertiary/aromatic N) is 1. The van der Waals surface area contributed by atoms with Gasteiger partial charge in [-0.25, -0.2) is 16.8 Å². The third-order valence-electron chi connectivity index (χ3n) is 3.69. The van der Waals surface area contributed by atoms with Crippen LogP contribution in [0.2, 0.25) is 0 Å². The molecule has 1 aromatic carbocycles. The molecule has 0 saturated carbocycles. The molecule has 1 atom stereocenters. The molecule has 0 bridgehead atoms. The summed E-state index contributed by atoms with van der Waals surface area (Å²) in [4.78, 5) is 12.3. The maximum absolute atomic E-state index is 12.8. The Hall–Kier alpha value is -1.10. The first-order valence-corrected chi connectivity index (χ1v) is 12.2. The molecule has 1 saturated heterocycles. The molecule has 0 aromatic heterocycles. The van der Waals surface area contributed by atoms with E-state index in [1.54, 1.807) is 0 Å². The van der Waals surface area contributed by atoms with Gasteiger partial charge in [0.2, 0.25) is 15.9 Å². The van der Waals surface area contributed by atoms with Crippen molar-refractivity contribution in [2.45, 2.75) is 29.7 Å². The lowest BCUT2D eigenvalue weighted by molar-refractivity contribution is -0.123. The van der Waals surface area contributed by atoms with Crippen LogP contribution in [0.3, 0.4) is 0 Å². The summed E-state index contributed by atoms with van der Waals surface area (Å²) >= 11 is 1.37. The number of hydrogen-bond donors (Lipinski definition) is 1. The third-order valence-corrected chi connectivity index (χ3v) is 7.86. The van der Waals surface area contributed by atoms with Crippen molar-refractivity contribution in [3.8, 4) is 0 Å². The average molecular weight is 407 g/mol. The predicted molar refractivity (Wildman–Crippen MR) is 97.5 cm³/mol. The molecule has 0 aliphatic carbocycles. The quantitative estimate of drug-likeness (QED) is 0.754. The first-order valence-electron chi connectivity index (χ1n) is 7.71. The molecule has 1 aliphatic rings. The van der Waals surface area contributed by atoms with Crippen LogP contribution < -0.4 is 5.32 Å². The fourth-order valence-electron chi connectivity index (χ4n) is 2.29. The molecule has 1 N–H and O–H groups in total. The molecule has 1 amide bonds. The second-order valence-corrected chi connectivity index (χ2v) is 11.2. The lowest BCUT2D eigenvalue weighted by Crippen LogP contribution is -2.47. The van der Waals surface area contributed by atoms with Gasteiger partial charge in [0.1, 0.15) is 6.04 Å². The summed E-state index contributed by atoms with van der Waals surface area (Å²) in [7, 11) is -7.28. The van der Waals surface area contributed by atoms with Crippen molar-refractivity contribution < 1.29 is 21.6 Å². The minimum Gasteiger partial charge on any atom is -0.354 e. The highest BCUT2D eigenvalue weighted by Crippen LogP contribution is 2.29. The van der Waals surface area contributed by atoms with E-state index in [2.05, 4.69) is 5.32 Å². The standard InChI is InChI=1S/C15H22N2O5S3/c1-11(2)8-16-15(18)14-9-23-10-17(14)25(21,22)13-6-4-12(5-7-13)24(3,19)20/h4-7,11,14H,8-10H2,1-3H3,(H,16,18). The van der Waals surface area contributed by atoms with Crippen LogP contribution in [-0.2, 0) is 24.7 Å². The molecule has 25 heavy (non-hydrogen) atoms. The molecular formula is C15H22N2O5S3. The zero-order valence-corrected chi connectivity index (χ0v) is 16.7. The summed E-state index contributed by atoms with van der Waals surface area (Å²) in [5.74, 6) is 0.544. The van der Waals surface area contributed by atoms with Gasteiger partial charge in [-0.15, -0.1) is 11.8 Å². The SMILES string of the molecule is CC(C)CNC(=O)C1CSCN1S(=O)(=O)c1ccc(S(C)(=O)=O)cc1. The van der Waals surface area contributed by atoms with Crippen molar-refractivity contribution in [3.05, 3.63) is 24.3 Å². The van der Waals surface area contributed by atoms with Gasteiger partial charge in [-0.2, -0.15) is 4.31 Å². The number of nitrogens with one attached hydrogen (secondary N) is 1. The Morgan fingerprint density at radius 2 is 1.76 bits per heavy atom. The van der Waals surface area contributed by atoms with Gasteiger partial charge >= 0.3 is 0 Å². The van der Waals surface area contributed by atoms with Crippen LogP contribution in [0.15, 0.2) is 34.1 Å². The molecule has 10 heteroatoms. The van der Waals surface area contributed by atoms with Gasteiger partial charge in [0.25, 0.3) is 0 Å². The second kappa shape index (κ2) is 7.65. The van der Waals surface area contributed by atoms with Gasteiger partial charge < -0.3 is 5.32 Å². The van der Waals surface area contributed by atoms with E-state index in [9.17, 15) is 21.6 Å². The summed E-state index contributed by atoms with van der Waals surface area (Å²) in [5, 5.41) is 2.77. The summed E-state index contributed by atoms with van der Waals surface area (Å²) in [6, 6.07) is 4.29. The fourth-order valence-corrected chi connectivity index (χ4v) is 6.07. The van der Waals surface area contributed by atoms with Crippen molar-refractivity contribution in [2.24, 2.45) is 5.92 Å². The molecule has 0 radical (unpaired) electrons. The van der Waals surface area contributed by atoms with Crippen LogP contribution in [0.1, 0.15) is 13.8 Å². The maximum atomic E-state index is 12.8. The largest absolute Gasteiger partial charge is 0.354 e. The van der Waals surface area contributed by atoms with Gasteiger partial charge in [0.05, 0.1) is 15.7 Å². The summed E-state index contributed by atoms with van der Waals surface area (Å²) in [6.07, 6.45) is 1.06. The lowest BCUT2D eigenvalue weighted by atomic mass is 10.2. The topological polar surface area (TPSA) is 101 Å². The van der Waals surface area contributed by atoms with E-state index in [0.29, 0.717) is 12.3 Å². The molecule has 1 heterocycles. The molecule has 140 valence electrons. The normalized spacial score (nSPS) is 19.3. The van der Waals surface area contributed by atoms with E-state index in [1.807, 2.05) is 13.8 Å². The van der Waals surface area contributed by atoms with Crippen LogP contribution in [0.5, 0.6) is 0 Å². The van der Waals surface area contributed by atoms with Gasteiger partial charge in [-0.05, 0) is 30.2 Å². The van der Waals surface area contributed by atoms with Crippen molar-refractivity contribution in [1.29, 1.82) is 0 Å². The maximum Gasteiger partial charge on any atom is 0.244 e. The van der Waals surface area contributed by atoms with Crippen molar-refractivity contribution in [1.82, 2.24) is 9.62 Å². The van der Waals surface area contributed by atoms with Gasteiger partial charge in [-0.1, -0.05) is 13.8 Å². The number of benzene rings is 1. The van der Waals surface area contributed by atoms with Crippen LogP contribution in [0, 0.1) is 5.92 Å². The highest BCUT2D eigenvalue weighted by Gasteiger charge is 2.40. The third kappa shape index (κ3) is 4.75. The van der Waals surface area contributed by atoms with E-state index in [1.165, 1.54) is 40.3 Å². The van der Waals surface area contributed by atoms with E-state index < -0.39 is 25.9 Å². The first-order chi connectivity index (χ1) is 11.5. The Labute approximate surface area is 153 Å². The van der Waals surface area contributed by atoms with Crippen molar-refractivity contribution in [3.63, 3.8) is 0 Å². The average Bonchev–Trinajstić information content (AvgIpc) is 3.02. The van der Waals surface area contributed by atoms with Gasteiger partial charge in [-0.3, -0.25) is 4.79 Å². The molecule has 1 unspecified atom stereocenters. The summed E-state index contributed by atoms with van der Waals surface area (Å²) in [5.41, 5.74) is 0. The molecular weight excluding hydrogens is 384 g/mol. The summed E-state index contributed by atoms with van der Waals surface area (Å²) in [6.45, 7) is 4.40. The molecule has 7 nitrogen and oxygen atoms in total. The highest BCUT2D eigenvalue weighted by atomic mass is 32.2. The fraction of sp³-hybridized carbons (Fsp3) is 0.533. The monoisotopic (exact) mass is 406 g/mol.